The number of imidazole rings is 1. The maximum absolute atomic E-state index is 6.12. The van der Waals surface area contributed by atoms with Gasteiger partial charge in [0.15, 0.2) is 0 Å². The van der Waals surface area contributed by atoms with E-state index in [-0.39, 0.29) is 0 Å². The smallest absolute Gasteiger partial charge is 0.221 e. The molecule has 2 N–H and O–H groups in total. The van der Waals surface area contributed by atoms with Crippen LogP contribution in [-0.2, 0) is 0 Å². The first-order valence-electron chi connectivity index (χ1n) is 5.99. The lowest BCUT2D eigenvalue weighted by Gasteiger charge is -2.05. The molecule has 0 saturated carbocycles. The second-order valence-corrected chi connectivity index (χ2v) is 4.53. The summed E-state index contributed by atoms with van der Waals surface area (Å²) in [6, 6.07) is 5.41. The predicted molar refractivity (Wildman–Crippen MR) is 81.5 cm³/mol. The van der Waals surface area contributed by atoms with Crippen molar-refractivity contribution in [3.63, 3.8) is 0 Å². The van der Waals surface area contributed by atoms with Crippen molar-refractivity contribution in [1.29, 1.82) is 0 Å². The lowest BCUT2D eigenvalue weighted by Crippen LogP contribution is -1.97. The van der Waals surface area contributed by atoms with Gasteiger partial charge in [0.05, 0.1) is 23.1 Å². The van der Waals surface area contributed by atoms with Gasteiger partial charge in [-0.15, -0.1) is 0 Å². The molecule has 2 aromatic rings. The molecule has 0 aliphatic rings. The van der Waals surface area contributed by atoms with Gasteiger partial charge in [-0.25, -0.2) is 9.66 Å². The number of aromatic nitrogens is 2. The van der Waals surface area contributed by atoms with Gasteiger partial charge in [0.25, 0.3) is 0 Å². The molecule has 0 fully saturated rings. The maximum Gasteiger partial charge on any atom is 0.221 e. The molecular formula is C14H15ClN4O. The van der Waals surface area contributed by atoms with Crippen LogP contribution in [0.25, 0.3) is 0 Å². The zero-order valence-corrected chi connectivity index (χ0v) is 11.8. The highest BCUT2D eigenvalue weighted by Gasteiger charge is 2.02. The third-order valence-corrected chi connectivity index (χ3v) is 2.77. The van der Waals surface area contributed by atoms with Crippen molar-refractivity contribution in [3.05, 3.63) is 53.3 Å². The summed E-state index contributed by atoms with van der Waals surface area (Å²) in [6.07, 6.45) is 5.06. The molecule has 2 rings (SSSR count). The molecule has 0 saturated heterocycles. The van der Waals surface area contributed by atoms with E-state index in [1.54, 1.807) is 30.6 Å². The van der Waals surface area contributed by atoms with Crippen LogP contribution in [0.4, 0.5) is 5.95 Å². The molecule has 0 unspecified atom stereocenters. The molecule has 1 heterocycles. The minimum atomic E-state index is 0.343. The number of hydrogen-bond donors (Lipinski definition) is 1. The van der Waals surface area contributed by atoms with E-state index < -0.39 is 0 Å². The number of nitrogen functional groups attached to an aromatic ring is 1. The first-order chi connectivity index (χ1) is 9.60. The second-order valence-electron chi connectivity index (χ2n) is 4.12. The van der Waals surface area contributed by atoms with Gasteiger partial charge in [-0.2, -0.15) is 5.10 Å². The Kier molecular flexibility index (Phi) is 4.42. The van der Waals surface area contributed by atoms with Crippen LogP contribution in [0.5, 0.6) is 5.75 Å². The molecule has 1 aromatic carbocycles. The monoisotopic (exact) mass is 290 g/mol. The van der Waals surface area contributed by atoms with Crippen molar-refractivity contribution in [2.75, 3.05) is 12.3 Å². The quantitative estimate of drug-likeness (QED) is 0.680. The van der Waals surface area contributed by atoms with Crippen molar-refractivity contribution in [3.8, 4) is 5.75 Å². The Morgan fingerprint density at radius 3 is 2.95 bits per heavy atom. The summed E-state index contributed by atoms with van der Waals surface area (Å²) < 4.78 is 6.90. The molecule has 0 radical (unpaired) electrons. The molecule has 0 atom stereocenters. The van der Waals surface area contributed by atoms with Gasteiger partial charge < -0.3 is 10.5 Å². The van der Waals surface area contributed by atoms with E-state index in [1.165, 1.54) is 4.68 Å². The van der Waals surface area contributed by atoms with Crippen LogP contribution in [0.2, 0.25) is 5.02 Å². The van der Waals surface area contributed by atoms with Gasteiger partial charge in [0.2, 0.25) is 5.95 Å². The Morgan fingerprint density at radius 2 is 2.35 bits per heavy atom. The molecule has 1 aromatic heterocycles. The minimum Gasteiger partial charge on any atom is -0.488 e. The van der Waals surface area contributed by atoms with Crippen LogP contribution in [0.1, 0.15) is 11.3 Å². The van der Waals surface area contributed by atoms with Gasteiger partial charge in [0, 0.05) is 0 Å². The Balaban J connectivity index is 2.16. The molecule has 20 heavy (non-hydrogen) atoms. The standard InChI is InChI=1S/C14H15ClN4O/c1-3-6-20-13-5-4-11(7-12(13)15)8-17-19-9-10(2)18-14(19)16/h3-5,7-9H,1,6H2,2H3,(H2,16,18). The molecule has 0 aliphatic heterocycles. The highest BCUT2D eigenvalue weighted by Crippen LogP contribution is 2.24. The Hall–Kier alpha value is -2.27. The SMILES string of the molecule is C=CCOc1ccc(C=Nn2cc(C)nc2N)cc1Cl. The lowest BCUT2D eigenvalue weighted by molar-refractivity contribution is 0.363. The normalized spacial score (nSPS) is 10.9. The number of nitrogens with zero attached hydrogens (tertiary/aromatic N) is 3. The average Bonchev–Trinajstić information content (AvgIpc) is 2.73. The first kappa shape index (κ1) is 14.1. The molecular weight excluding hydrogens is 276 g/mol. The highest BCUT2D eigenvalue weighted by atomic mass is 35.5. The summed E-state index contributed by atoms with van der Waals surface area (Å²) in [5, 5.41) is 4.74. The number of aryl methyl sites for hydroxylation is 1. The van der Waals surface area contributed by atoms with E-state index in [1.807, 2.05) is 13.0 Å². The number of rotatable bonds is 5. The van der Waals surface area contributed by atoms with Crippen molar-refractivity contribution >= 4 is 23.8 Å². The largest absolute Gasteiger partial charge is 0.488 e. The number of halogens is 1. The second kappa shape index (κ2) is 6.25. The molecule has 104 valence electrons. The van der Waals surface area contributed by atoms with Crippen LogP contribution >= 0.6 is 11.6 Å². The van der Waals surface area contributed by atoms with E-state index in [0.717, 1.165) is 11.3 Å². The minimum absolute atomic E-state index is 0.343. The number of ether oxygens (including phenoxy) is 1. The maximum atomic E-state index is 6.12. The van der Waals surface area contributed by atoms with Crippen LogP contribution in [-0.4, -0.2) is 22.5 Å². The molecule has 0 aliphatic carbocycles. The lowest BCUT2D eigenvalue weighted by atomic mass is 10.2. The van der Waals surface area contributed by atoms with Crippen molar-refractivity contribution < 1.29 is 4.74 Å². The number of benzene rings is 1. The topological polar surface area (TPSA) is 65.4 Å². The van der Waals surface area contributed by atoms with E-state index in [4.69, 9.17) is 22.1 Å². The van der Waals surface area contributed by atoms with Crippen LogP contribution < -0.4 is 10.5 Å². The summed E-state index contributed by atoms with van der Waals surface area (Å²) in [4.78, 5) is 4.06. The number of anilines is 1. The van der Waals surface area contributed by atoms with Gasteiger partial charge >= 0.3 is 0 Å². The summed E-state index contributed by atoms with van der Waals surface area (Å²) in [5.41, 5.74) is 7.35. The van der Waals surface area contributed by atoms with Gasteiger partial charge in [-0.05, 0) is 30.7 Å². The summed E-state index contributed by atoms with van der Waals surface area (Å²) in [7, 11) is 0. The Bertz CT molecular complexity index is 649. The fourth-order valence-corrected chi connectivity index (χ4v) is 1.83. The fourth-order valence-electron chi connectivity index (χ4n) is 1.59. The molecule has 5 nitrogen and oxygen atoms in total. The summed E-state index contributed by atoms with van der Waals surface area (Å²) >= 11 is 6.12. The van der Waals surface area contributed by atoms with Gasteiger partial charge in [-0.1, -0.05) is 24.3 Å². The number of nitrogens with two attached hydrogens (primary N) is 1. The third-order valence-electron chi connectivity index (χ3n) is 2.48. The van der Waals surface area contributed by atoms with Gasteiger partial charge in [-0.3, -0.25) is 0 Å². The van der Waals surface area contributed by atoms with Gasteiger partial charge in [0.1, 0.15) is 12.4 Å². The fraction of sp³-hybridized carbons (Fsp3) is 0.143. The van der Waals surface area contributed by atoms with E-state index in [9.17, 15) is 0 Å². The predicted octanol–water partition coefficient (Wildman–Crippen LogP) is 2.87. The van der Waals surface area contributed by atoms with Crippen molar-refractivity contribution in [1.82, 2.24) is 9.66 Å². The summed E-state index contributed by atoms with van der Waals surface area (Å²) in [6.45, 7) is 5.85. The van der Waals surface area contributed by atoms with E-state index in [0.29, 0.717) is 23.3 Å². The molecule has 0 amide bonds. The van der Waals surface area contributed by atoms with Crippen LogP contribution in [0.3, 0.4) is 0 Å². The Morgan fingerprint density at radius 1 is 1.55 bits per heavy atom. The molecule has 0 bridgehead atoms. The van der Waals surface area contributed by atoms with Crippen LogP contribution in [0.15, 0.2) is 42.2 Å². The highest BCUT2D eigenvalue weighted by molar-refractivity contribution is 6.32. The third kappa shape index (κ3) is 3.39. The first-order valence-corrected chi connectivity index (χ1v) is 6.37. The Labute approximate surface area is 122 Å². The van der Waals surface area contributed by atoms with E-state index >= 15 is 0 Å². The van der Waals surface area contributed by atoms with Crippen LogP contribution in [0, 0.1) is 6.92 Å². The zero-order chi connectivity index (χ0) is 14.5. The summed E-state index contributed by atoms with van der Waals surface area (Å²) in [5.74, 6) is 0.956. The van der Waals surface area contributed by atoms with E-state index in [2.05, 4.69) is 16.7 Å². The molecule has 6 heteroatoms. The zero-order valence-electron chi connectivity index (χ0n) is 11.1. The molecule has 0 spiro atoms. The number of hydrogen-bond acceptors (Lipinski definition) is 4. The van der Waals surface area contributed by atoms with Crippen molar-refractivity contribution in [2.24, 2.45) is 5.10 Å². The van der Waals surface area contributed by atoms with Crippen molar-refractivity contribution in [2.45, 2.75) is 6.92 Å². The average molecular weight is 291 g/mol.